The molecule has 0 aliphatic rings. The molecule has 1 unspecified atom stereocenters. The minimum Gasteiger partial charge on any atom is -0.383 e. The van der Waals surface area contributed by atoms with Crippen LogP contribution in [0.5, 0.6) is 0 Å². The molecule has 0 fully saturated rings. The van der Waals surface area contributed by atoms with E-state index in [9.17, 15) is 0 Å². The van der Waals surface area contributed by atoms with Gasteiger partial charge in [-0.05, 0) is 54.6 Å². The maximum atomic E-state index is 5.09. The van der Waals surface area contributed by atoms with E-state index in [-0.39, 0.29) is 0 Å². The lowest BCUT2D eigenvalue weighted by Gasteiger charge is -2.18. The molecule has 0 bridgehead atoms. The highest BCUT2D eigenvalue weighted by molar-refractivity contribution is 9.10. The molecular formula is C16H30BrN3O. The maximum Gasteiger partial charge on any atom is 0.0766 e. The van der Waals surface area contributed by atoms with E-state index in [1.54, 1.807) is 7.11 Å². The summed E-state index contributed by atoms with van der Waals surface area (Å²) < 4.78 is 8.46. The number of aryl methyl sites for hydroxylation is 2. The van der Waals surface area contributed by atoms with E-state index in [0.717, 1.165) is 39.1 Å². The van der Waals surface area contributed by atoms with Gasteiger partial charge < -0.3 is 10.1 Å². The van der Waals surface area contributed by atoms with Crippen LogP contribution in [0.2, 0.25) is 0 Å². The molecule has 4 nitrogen and oxygen atoms in total. The highest BCUT2D eigenvalue weighted by Crippen LogP contribution is 2.26. The van der Waals surface area contributed by atoms with Crippen molar-refractivity contribution in [2.24, 2.45) is 5.92 Å². The molecule has 1 aromatic heterocycles. The van der Waals surface area contributed by atoms with Crippen molar-refractivity contribution in [2.75, 3.05) is 26.8 Å². The Hall–Kier alpha value is -0.390. The quantitative estimate of drug-likeness (QED) is 0.615. The first-order chi connectivity index (χ1) is 10.2. The number of ether oxygens (including phenoxy) is 1. The van der Waals surface area contributed by atoms with Crippen LogP contribution in [0.1, 0.15) is 45.0 Å². The molecule has 0 saturated carbocycles. The van der Waals surface area contributed by atoms with Gasteiger partial charge in [-0.2, -0.15) is 5.10 Å². The summed E-state index contributed by atoms with van der Waals surface area (Å²) in [5.41, 5.74) is 2.52. The summed E-state index contributed by atoms with van der Waals surface area (Å²) in [5.74, 6) is 0.648. The molecule has 122 valence electrons. The van der Waals surface area contributed by atoms with Gasteiger partial charge in [0.25, 0.3) is 0 Å². The number of rotatable bonds is 11. The molecule has 0 spiro atoms. The lowest BCUT2D eigenvalue weighted by Crippen LogP contribution is -2.28. The van der Waals surface area contributed by atoms with E-state index >= 15 is 0 Å². The number of methoxy groups -OCH3 is 1. The van der Waals surface area contributed by atoms with Crippen LogP contribution in [0.25, 0.3) is 0 Å². The molecule has 1 atom stereocenters. The summed E-state index contributed by atoms with van der Waals surface area (Å²) in [5, 5.41) is 8.20. The van der Waals surface area contributed by atoms with Gasteiger partial charge in [0.05, 0.1) is 22.5 Å². The molecule has 5 heteroatoms. The van der Waals surface area contributed by atoms with Crippen LogP contribution in [-0.2, 0) is 24.1 Å². The van der Waals surface area contributed by atoms with E-state index in [0.29, 0.717) is 5.92 Å². The zero-order chi connectivity index (χ0) is 15.7. The molecule has 1 heterocycles. The van der Waals surface area contributed by atoms with Gasteiger partial charge in [0.15, 0.2) is 0 Å². The van der Waals surface area contributed by atoms with E-state index in [1.165, 1.54) is 28.7 Å². The predicted molar refractivity (Wildman–Crippen MR) is 91.8 cm³/mol. The van der Waals surface area contributed by atoms with E-state index in [2.05, 4.69) is 46.7 Å². The van der Waals surface area contributed by atoms with Gasteiger partial charge in [-0.25, -0.2) is 0 Å². The fourth-order valence-electron chi connectivity index (χ4n) is 2.65. The molecule has 0 aliphatic carbocycles. The van der Waals surface area contributed by atoms with Crippen LogP contribution in [-0.4, -0.2) is 36.6 Å². The molecule has 0 aromatic carbocycles. The fourth-order valence-corrected chi connectivity index (χ4v) is 3.38. The second kappa shape index (κ2) is 10.4. The fraction of sp³-hybridized carbons (Fsp3) is 0.812. The molecule has 0 saturated heterocycles. The van der Waals surface area contributed by atoms with E-state index in [4.69, 9.17) is 9.84 Å². The normalized spacial score (nSPS) is 12.8. The Labute approximate surface area is 137 Å². The summed E-state index contributed by atoms with van der Waals surface area (Å²) in [4.78, 5) is 0. The zero-order valence-corrected chi connectivity index (χ0v) is 15.5. The molecule has 1 aromatic rings. The van der Waals surface area contributed by atoms with Gasteiger partial charge in [-0.1, -0.05) is 20.3 Å². The van der Waals surface area contributed by atoms with E-state index in [1.807, 2.05) is 0 Å². The van der Waals surface area contributed by atoms with Crippen molar-refractivity contribution in [3.63, 3.8) is 0 Å². The van der Waals surface area contributed by atoms with Crippen molar-refractivity contribution in [1.29, 1.82) is 0 Å². The Morgan fingerprint density at radius 1 is 1.33 bits per heavy atom. The average Bonchev–Trinajstić information content (AvgIpc) is 2.79. The molecule has 21 heavy (non-hydrogen) atoms. The van der Waals surface area contributed by atoms with Crippen LogP contribution < -0.4 is 5.32 Å². The Balaban J connectivity index is 2.71. The van der Waals surface area contributed by atoms with Gasteiger partial charge in [0.2, 0.25) is 0 Å². The lowest BCUT2D eigenvalue weighted by molar-refractivity contribution is 0.197. The molecule has 0 radical (unpaired) electrons. The monoisotopic (exact) mass is 359 g/mol. The van der Waals surface area contributed by atoms with E-state index < -0.39 is 0 Å². The SMILES string of the molecule is CCCC(CNCCOC)Cc1c(Br)c(CC)nn1CC. The molecular weight excluding hydrogens is 330 g/mol. The third-order valence-corrected chi connectivity index (χ3v) is 4.70. The highest BCUT2D eigenvalue weighted by Gasteiger charge is 2.18. The summed E-state index contributed by atoms with van der Waals surface area (Å²) in [6.07, 6.45) is 4.51. The number of hydrogen-bond acceptors (Lipinski definition) is 3. The first kappa shape index (κ1) is 18.7. The predicted octanol–water partition coefficient (Wildman–Crippen LogP) is 3.42. The van der Waals surface area contributed by atoms with Crippen LogP contribution in [0.3, 0.4) is 0 Å². The van der Waals surface area contributed by atoms with Gasteiger partial charge >= 0.3 is 0 Å². The van der Waals surface area contributed by atoms with Crippen LogP contribution in [0.15, 0.2) is 4.47 Å². The minimum absolute atomic E-state index is 0.648. The van der Waals surface area contributed by atoms with Gasteiger partial charge in [-0.15, -0.1) is 0 Å². The molecule has 0 amide bonds. The third kappa shape index (κ3) is 5.72. The van der Waals surface area contributed by atoms with Gasteiger partial charge in [0, 0.05) is 20.2 Å². The van der Waals surface area contributed by atoms with Crippen LogP contribution in [0.4, 0.5) is 0 Å². The Kier molecular flexibility index (Phi) is 9.20. The van der Waals surface area contributed by atoms with Crippen molar-refractivity contribution in [3.8, 4) is 0 Å². The first-order valence-corrected chi connectivity index (χ1v) is 8.90. The van der Waals surface area contributed by atoms with Gasteiger partial charge in [0.1, 0.15) is 0 Å². The summed E-state index contributed by atoms with van der Waals surface area (Å²) >= 11 is 3.75. The Morgan fingerprint density at radius 3 is 2.67 bits per heavy atom. The first-order valence-electron chi connectivity index (χ1n) is 8.11. The van der Waals surface area contributed by atoms with Crippen molar-refractivity contribution in [2.45, 2.75) is 53.0 Å². The van der Waals surface area contributed by atoms with Gasteiger partial charge in [-0.3, -0.25) is 4.68 Å². The van der Waals surface area contributed by atoms with Crippen LogP contribution in [0, 0.1) is 5.92 Å². The Bertz CT molecular complexity index is 406. The van der Waals surface area contributed by atoms with Crippen molar-refractivity contribution >= 4 is 15.9 Å². The summed E-state index contributed by atoms with van der Waals surface area (Å²) in [6.45, 7) is 10.2. The lowest BCUT2D eigenvalue weighted by atomic mass is 9.97. The molecule has 1 rings (SSSR count). The Morgan fingerprint density at radius 2 is 2.10 bits per heavy atom. The minimum atomic E-state index is 0.648. The van der Waals surface area contributed by atoms with Crippen molar-refractivity contribution < 1.29 is 4.74 Å². The largest absolute Gasteiger partial charge is 0.383 e. The standard InChI is InChI=1S/C16H30BrN3O/c1-5-8-13(12-18-9-10-21-4)11-15-16(17)14(6-2)19-20(15)7-3/h13,18H,5-12H2,1-4H3. The van der Waals surface area contributed by atoms with Crippen molar-refractivity contribution in [3.05, 3.63) is 15.9 Å². The number of halogens is 1. The second-order valence-electron chi connectivity index (χ2n) is 5.43. The number of nitrogens with one attached hydrogen (secondary N) is 1. The van der Waals surface area contributed by atoms with Crippen LogP contribution >= 0.6 is 15.9 Å². The van der Waals surface area contributed by atoms with Crippen molar-refractivity contribution in [1.82, 2.24) is 15.1 Å². The maximum absolute atomic E-state index is 5.09. The molecule has 1 N–H and O–H groups in total. The topological polar surface area (TPSA) is 39.1 Å². The smallest absolute Gasteiger partial charge is 0.0766 e. The summed E-state index contributed by atoms with van der Waals surface area (Å²) in [7, 11) is 1.74. The third-order valence-electron chi connectivity index (χ3n) is 3.79. The molecule has 0 aliphatic heterocycles. The second-order valence-corrected chi connectivity index (χ2v) is 6.23. The summed E-state index contributed by atoms with van der Waals surface area (Å²) in [6, 6.07) is 0. The zero-order valence-electron chi connectivity index (χ0n) is 13.9. The number of hydrogen-bond donors (Lipinski definition) is 1. The highest BCUT2D eigenvalue weighted by atomic mass is 79.9. The number of aromatic nitrogens is 2. The average molecular weight is 360 g/mol. The number of nitrogens with zero attached hydrogens (tertiary/aromatic N) is 2.